The Balaban J connectivity index is 1.73. The first-order valence-corrected chi connectivity index (χ1v) is 9.82. The van der Waals surface area contributed by atoms with Crippen molar-refractivity contribution < 1.29 is 14.3 Å². The number of hydrogen-bond acceptors (Lipinski definition) is 4. The first kappa shape index (κ1) is 18.1. The van der Waals surface area contributed by atoms with E-state index in [0.717, 1.165) is 32.4 Å². The summed E-state index contributed by atoms with van der Waals surface area (Å²) in [7, 11) is 3.04. The summed E-state index contributed by atoms with van der Waals surface area (Å²) in [6.45, 7) is 4.28. The molecule has 3 atom stereocenters. The number of carbonyl (C=O) groups is 1. The summed E-state index contributed by atoms with van der Waals surface area (Å²) < 4.78 is 10.3. The number of piperidine rings is 1. The van der Waals surface area contributed by atoms with E-state index in [2.05, 4.69) is 41.1 Å². The van der Waals surface area contributed by atoms with Crippen LogP contribution in [0.4, 0.5) is 0 Å². The van der Waals surface area contributed by atoms with Crippen molar-refractivity contribution in [3.63, 3.8) is 0 Å². The minimum Gasteiger partial charge on any atom is -0.504 e. The summed E-state index contributed by atoms with van der Waals surface area (Å²) in [6.07, 6.45) is 4.60. The summed E-state index contributed by atoms with van der Waals surface area (Å²) in [5.74, 6) is 0.287. The standard InChI is InChI=1S/C22H28N2O3/c1-4-14-12-24-10-9-16-15-7-5-6-8-19(15)23-21(16)20(24)11-17(14)18(13-26-2)22(25)27-3/h5-8,13-14,17,20,23H,4,9-12H2,1-3H3/b18-13+/t14?,17-,20-/m0/s1. The Morgan fingerprint density at radius 2 is 2.15 bits per heavy atom. The molecule has 0 aliphatic carbocycles. The second kappa shape index (κ2) is 7.39. The fourth-order valence-corrected chi connectivity index (χ4v) is 5.04. The fourth-order valence-electron chi connectivity index (χ4n) is 5.04. The molecule has 2 aliphatic heterocycles. The molecule has 1 saturated heterocycles. The lowest BCUT2D eigenvalue weighted by atomic mass is 9.74. The molecule has 4 rings (SSSR count). The van der Waals surface area contributed by atoms with Crippen LogP contribution in [-0.4, -0.2) is 43.2 Å². The van der Waals surface area contributed by atoms with Crippen LogP contribution in [0.25, 0.3) is 10.9 Å². The maximum atomic E-state index is 12.4. The normalized spacial score (nSPS) is 25.7. The molecule has 5 heteroatoms. The Kier molecular flexibility index (Phi) is 4.96. The van der Waals surface area contributed by atoms with Gasteiger partial charge in [-0.25, -0.2) is 4.79 Å². The quantitative estimate of drug-likeness (QED) is 0.506. The predicted molar refractivity (Wildman–Crippen MR) is 105 cm³/mol. The lowest BCUT2D eigenvalue weighted by Gasteiger charge is -2.46. The SMILES string of the molecule is CCC1CN2CCc3c([nH]c4ccccc34)[C@@H]2C[C@@H]1/C(=C\OC)C(=O)OC. The Labute approximate surface area is 160 Å². The van der Waals surface area contributed by atoms with Crippen molar-refractivity contribution in [3.8, 4) is 0 Å². The Hall–Kier alpha value is -2.27. The number of fused-ring (bicyclic) bond motifs is 5. The monoisotopic (exact) mass is 368 g/mol. The zero-order valence-corrected chi connectivity index (χ0v) is 16.3. The van der Waals surface area contributed by atoms with Crippen molar-refractivity contribution in [1.82, 2.24) is 9.88 Å². The predicted octanol–water partition coefficient (Wildman–Crippen LogP) is 3.82. The number of aromatic amines is 1. The van der Waals surface area contributed by atoms with Gasteiger partial charge >= 0.3 is 5.97 Å². The molecule has 2 aromatic rings. The maximum Gasteiger partial charge on any atom is 0.337 e. The highest BCUT2D eigenvalue weighted by molar-refractivity contribution is 5.89. The summed E-state index contributed by atoms with van der Waals surface area (Å²) >= 11 is 0. The van der Waals surface area contributed by atoms with Crippen LogP contribution in [0.3, 0.4) is 0 Å². The highest BCUT2D eigenvalue weighted by atomic mass is 16.5. The third kappa shape index (κ3) is 3.04. The number of methoxy groups -OCH3 is 2. The largest absolute Gasteiger partial charge is 0.504 e. The highest BCUT2D eigenvalue weighted by Gasteiger charge is 2.42. The number of nitrogens with zero attached hydrogens (tertiary/aromatic N) is 1. The minimum absolute atomic E-state index is 0.140. The number of rotatable bonds is 4. The Morgan fingerprint density at radius 3 is 2.89 bits per heavy atom. The summed E-state index contributed by atoms with van der Waals surface area (Å²) in [6, 6.07) is 8.85. The average Bonchev–Trinajstić information content (AvgIpc) is 3.09. The van der Waals surface area contributed by atoms with Gasteiger partial charge in [-0.2, -0.15) is 0 Å². The van der Waals surface area contributed by atoms with Crippen molar-refractivity contribution in [3.05, 3.63) is 47.4 Å². The van der Waals surface area contributed by atoms with Gasteiger partial charge in [-0.15, -0.1) is 0 Å². The molecule has 1 aromatic carbocycles. The topological polar surface area (TPSA) is 54.6 Å². The Morgan fingerprint density at radius 1 is 1.33 bits per heavy atom. The fraction of sp³-hybridized carbons (Fsp3) is 0.500. The molecule has 0 bridgehead atoms. The molecule has 1 N–H and O–H groups in total. The number of ether oxygens (including phenoxy) is 2. The number of esters is 1. The number of hydrogen-bond donors (Lipinski definition) is 1. The molecule has 0 saturated carbocycles. The molecule has 5 nitrogen and oxygen atoms in total. The van der Waals surface area contributed by atoms with E-state index in [0.29, 0.717) is 17.5 Å². The average molecular weight is 368 g/mol. The van der Waals surface area contributed by atoms with E-state index in [1.165, 1.54) is 29.3 Å². The van der Waals surface area contributed by atoms with Crippen LogP contribution in [0.15, 0.2) is 36.1 Å². The Bertz CT molecular complexity index is 870. The van der Waals surface area contributed by atoms with Crippen LogP contribution >= 0.6 is 0 Å². The van der Waals surface area contributed by atoms with E-state index in [1.54, 1.807) is 13.4 Å². The molecule has 2 aliphatic rings. The molecule has 1 fully saturated rings. The van der Waals surface area contributed by atoms with Gasteiger partial charge in [0.2, 0.25) is 0 Å². The zero-order valence-electron chi connectivity index (χ0n) is 16.3. The summed E-state index contributed by atoms with van der Waals surface area (Å²) in [4.78, 5) is 18.7. The highest BCUT2D eigenvalue weighted by Crippen LogP contribution is 2.45. The number of para-hydroxylation sites is 1. The third-order valence-electron chi connectivity index (χ3n) is 6.37. The molecule has 0 radical (unpaired) electrons. The zero-order chi connectivity index (χ0) is 19.0. The van der Waals surface area contributed by atoms with Gasteiger partial charge in [-0.1, -0.05) is 31.5 Å². The number of nitrogens with one attached hydrogen (secondary N) is 1. The van der Waals surface area contributed by atoms with Gasteiger partial charge in [0.15, 0.2) is 0 Å². The van der Waals surface area contributed by atoms with Crippen LogP contribution in [0.2, 0.25) is 0 Å². The van der Waals surface area contributed by atoms with E-state index in [9.17, 15) is 4.79 Å². The first-order chi connectivity index (χ1) is 13.2. The van der Waals surface area contributed by atoms with Crippen LogP contribution in [0.1, 0.15) is 37.1 Å². The van der Waals surface area contributed by atoms with Crippen molar-refractivity contribution in [2.45, 2.75) is 32.2 Å². The second-order valence-electron chi connectivity index (χ2n) is 7.63. The lowest BCUT2D eigenvalue weighted by Crippen LogP contribution is -2.47. The van der Waals surface area contributed by atoms with Gasteiger partial charge in [0.05, 0.1) is 32.1 Å². The molecule has 144 valence electrons. The molecular formula is C22H28N2O3. The van der Waals surface area contributed by atoms with Gasteiger partial charge in [-0.05, 0) is 36.3 Å². The summed E-state index contributed by atoms with van der Waals surface area (Å²) in [5.41, 5.74) is 4.63. The van der Waals surface area contributed by atoms with E-state index in [1.807, 2.05) is 0 Å². The lowest BCUT2D eigenvalue weighted by molar-refractivity contribution is -0.137. The van der Waals surface area contributed by atoms with Crippen LogP contribution in [0.5, 0.6) is 0 Å². The van der Waals surface area contributed by atoms with E-state index >= 15 is 0 Å². The maximum absolute atomic E-state index is 12.4. The van der Waals surface area contributed by atoms with Crippen LogP contribution in [-0.2, 0) is 20.7 Å². The smallest absolute Gasteiger partial charge is 0.337 e. The van der Waals surface area contributed by atoms with Crippen molar-refractivity contribution in [1.29, 1.82) is 0 Å². The molecule has 3 heterocycles. The third-order valence-corrected chi connectivity index (χ3v) is 6.37. The number of benzene rings is 1. The van der Waals surface area contributed by atoms with E-state index in [4.69, 9.17) is 9.47 Å². The van der Waals surface area contributed by atoms with Gasteiger partial charge in [-0.3, -0.25) is 4.90 Å². The number of carbonyl (C=O) groups excluding carboxylic acids is 1. The molecule has 1 aromatic heterocycles. The van der Waals surface area contributed by atoms with Crippen LogP contribution < -0.4 is 0 Å². The van der Waals surface area contributed by atoms with Gasteiger partial charge < -0.3 is 14.5 Å². The molecule has 1 unspecified atom stereocenters. The number of aromatic nitrogens is 1. The first-order valence-electron chi connectivity index (χ1n) is 9.82. The van der Waals surface area contributed by atoms with Crippen LogP contribution in [0, 0.1) is 11.8 Å². The van der Waals surface area contributed by atoms with Gasteiger partial charge in [0.25, 0.3) is 0 Å². The van der Waals surface area contributed by atoms with Crippen molar-refractivity contribution in [2.75, 3.05) is 27.3 Å². The van der Waals surface area contributed by atoms with E-state index < -0.39 is 0 Å². The molecular weight excluding hydrogens is 340 g/mol. The second-order valence-corrected chi connectivity index (χ2v) is 7.63. The molecule has 0 amide bonds. The molecule has 0 spiro atoms. The van der Waals surface area contributed by atoms with Gasteiger partial charge in [0.1, 0.15) is 0 Å². The molecule has 27 heavy (non-hydrogen) atoms. The van der Waals surface area contributed by atoms with E-state index in [-0.39, 0.29) is 11.9 Å². The van der Waals surface area contributed by atoms with Crippen molar-refractivity contribution >= 4 is 16.9 Å². The van der Waals surface area contributed by atoms with Gasteiger partial charge in [0, 0.05) is 29.7 Å². The number of H-pyrrole nitrogens is 1. The van der Waals surface area contributed by atoms with Crippen molar-refractivity contribution in [2.24, 2.45) is 11.8 Å². The minimum atomic E-state index is -0.276. The summed E-state index contributed by atoms with van der Waals surface area (Å²) in [5, 5.41) is 1.34.